The van der Waals surface area contributed by atoms with Crippen LogP contribution in [0.3, 0.4) is 0 Å². The summed E-state index contributed by atoms with van der Waals surface area (Å²) in [4.78, 5) is 11.3. The number of hydrogen-bond acceptors (Lipinski definition) is 7. The van der Waals surface area contributed by atoms with Crippen molar-refractivity contribution in [3.05, 3.63) is 47.8 Å². The fraction of sp³-hybridized carbons (Fsp3) is 0.444. The second-order valence-electron chi connectivity index (χ2n) is 9.18. The first-order valence-corrected chi connectivity index (χ1v) is 12.7. The molecule has 8 nitrogen and oxygen atoms in total. The second-order valence-corrected chi connectivity index (χ2v) is 9.59. The standard InChI is InChI=1S/C27H35N5O3S/c1-18-6-5-7-19(2)25(18)30-27(36)31-26-21-14-23(34-4)24(15-22(21)28-17-29-26)35-16-20-8-10-32(11-9-20)12-13-33-3/h5-7,14-15,17,20H,8-13,16H2,1-4H3,(H2,28,29,30,31,36). The number of aryl methyl sites for hydroxylation is 2. The number of methoxy groups -OCH3 is 2. The number of ether oxygens (including phenoxy) is 3. The van der Waals surface area contributed by atoms with Crippen molar-refractivity contribution >= 4 is 39.7 Å². The molecular weight excluding hydrogens is 474 g/mol. The van der Waals surface area contributed by atoms with Crippen LogP contribution in [0, 0.1) is 19.8 Å². The van der Waals surface area contributed by atoms with Gasteiger partial charge >= 0.3 is 0 Å². The van der Waals surface area contributed by atoms with Gasteiger partial charge in [0.1, 0.15) is 12.1 Å². The van der Waals surface area contributed by atoms with Gasteiger partial charge in [-0.2, -0.15) is 0 Å². The molecule has 0 atom stereocenters. The summed E-state index contributed by atoms with van der Waals surface area (Å²) in [5.74, 6) is 2.45. The molecular formula is C27H35N5O3S. The Bertz CT molecular complexity index is 1180. The van der Waals surface area contributed by atoms with E-state index >= 15 is 0 Å². The Kier molecular flexibility index (Phi) is 8.90. The van der Waals surface area contributed by atoms with Gasteiger partial charge in [-0.25, -0.2) is 9.97 Å². The number of hydrogen-bond donors (Lipinski definition) is 2. The predicted molar refractivity (Wildman–Crippen MR) is 148 cm³/mol. The topological polar surface area (TPSA) is 80.8 Å². The molecule has 9 heteroatoms. The first kappa shape index (κ1) is 26.1. The molecule has 0 aliphatic carbocycles. The molecule has 0 amide bonds. The third-order valence-corrected chi connectivity index (χ3v) is 6.87. The number of anilines is 2. The Hall–Kier alpha value is -3.01. The third-order valence-electron chi connectivity index (χ3n) is 6.67. The van der Waals surface area contributed by atoms with E-state index in [1.54, 1.807) is 14.2 Å². The molecule has 1 aliphatic heterocycles. The van der Waals surface area contributed by atoms with Gasteiger partial charge in [0.15, 0.2) is 16.6 Å². The number of nitrogens with zero attached hydrogens (tertiary/aromatic N) is 3. The lowest BCUT2D eigenvalue weighted by molar-refractivity contribution is 0.104. The molecule has 192 valence electrons. The number of likely N-dealkylation sites (tertiary alicyclic amines) is 1. The highest BCUT2D eigenvalue weighted by molar-refractivity contribution is 7.80. The zero-order valence-corrected chi connectivity index (χ0v) is 22.3. The summed E-state index contributed by atoms with van der Waals surface area (Å²) >= 11 is 5.58. The van der Waals surface area contributed by atoms with Gasteiger partial charge in [0, 0.05) is 30.8 Å². The molecule has 1 aliphatic rings. The van der Waals surface area contributed by atoms with Gasteiger partial charge in [-0.3, -0.25) is 0 Å². The maximum atomic E-state index is 6.23. The second kappa shape index (κ2) is 12.3. The molecule has 0 bridgehead atoms. The van der Waals surface area contributed by atoms with Crippen LogP contribution in [0.15, 0.2) is 36.7 Å². The van der Waals surface area contributed by atoms with Crippen LogP contribution in [0.25, 0.3) is 10.9 Å². The first-order valence-electron chi connectivity index (χ1n) is 12.3. The number of fused-ring (bicyclic) bond motifs is 1. The van der Waals surface area contributed by atoms with Gasteiger partial charge in [-0.05, 0) is 75.1 Å². The summed E-state index contributed by atoms with van der Waals surface area (Å²) in [6.07, 6.45) is 3.75. The van der Waals surface area contributed by atoms with Gasteiger partial charge in [0.2, 0.25) is 0 Å². The minimum absolute atomic E-state index is 0.462. The molecule has 1 saturated heterocycles. The first-order chi connectivity index (χ1) is 17.5. The highest BCUT2D eigenvalue weighted by Gasteiger charge is 2.21. The van der Waals surface area contributed by atoms with Gasteiger partial charge in [0.05, 0.1) is 25.8 Å². The van der Waals surface area contributed by atoms with Crippen LogP contribution in [-0.2, 0) is 4.74 Å². The number of rotatable bonds is 9. The molecule has 0 radical (unpaired) electrons. The lowest BCUT2D eigenvalue weighted by Gasteiger charge is -2.31. The number of thiocarbonyl (C=S) groups is 1. The number of piperidine rings is 1. The van der Waals surface area contributed by atoms with Crippen molar-refractivity contribution in [1.29, 1.82) is 0 Å². The molecule has 1 fully saturated rings. The molecule has 0 saturated carbocycles. The molecule has 3 aromatic rings. The van der Waals surface area contributed by atoms with Crippen molar-refractivity contribution in [3.63, 3.8) is 0 Å². The molecule has 2 heterocycles. The van der Waals surface area contributed by atoms with Crippen molar-refractivity contribution < 1.29 is 14.2 Å². The van der Waals surface area contributed by atoms with Crippen LogP contribution < -0.4 is 20.1 Å². The lowest BCUT2D eigenvalue weighted by Crippen LogP contribution is -2.37. The summed E-state index contributed by atoms with van der Waals surface area (Å²) in [6.45, 7) is 8.67. The normalized spacial score (nSPS) is 14.6. The van der Waals surface area contributed by atoms with E-state index < -0.39 is 0 Å². The van der Waals surface area contributed by atoms with E-state index in [0.717, 1.165) is 66.8 Å². The number of nitrogens with one attached hydrogen (secondary N) is 2. The molecule has 0 unspecified atom stereocenters. The maximum absolute atomic E-state index is 6.23. The Morgan fingerprint density at radius 1 is 1.06 bits per heavy atom. The molecule has 4 rings (SSSR count). The van der Waals surface area contributed by atoms with Crippen LogP contribution in [0.5, 0.6) is 11.5 Å². The average molecular weight is 510 g/mol. The zero-order valence-electron chi connectivity index (χ0n) is 21.5. The van der Waals surface area contributed by atoms with Crippen LogP contribution in [0.2, 0.25) is 0 Å². The Morgan fingerprint density at radius 2 is 1.81 bits per heavy atom. The molecule has 2 aromatic carbocycles. The van der Waals surface area contributed by atoms with E-state index in [1.807, 2.05) is 18.2 Å². The summed E-state index contributed by atoms with van der Waals surface area (Å²) in [7, 11) is 3.39. The summed E-state index contributed by atoms with van der Waals surface area (Å²) in [6, 6.07) is 9.95. The zero-order chi connectivity index (χ0) is 25.5. The van der Waals surface area contributed by atoms with E-state index in [2.05, 4.69) is 51.5 Å². The van der Waals surface area contributed by atoms with E-state index in [1.165, 1.54) is 6.33 Å². The van der Waals surface area contributed by atoms with E-state index in [9.17, 15) is 0 Å². The Morgan fingerprint density at radius 3 is 2.50 bits per heavy atom. The van der Waals surface area contributed by atoms with E-state index in [4.69, 9.17) is 26.4 Å². The number of aromatic nitrogens is 2. The van der Waals surface area contributed by atoms with Gasteiger partial charge in [-0.1, -0.05) is 18.2 Å². The quantitative estimate of drug-likeness (QED) is 0.395. The Labute approximate surface area is 218 Å². The smallest absolute Gasteiger partial charge is 0.176 e. The van der Waals surface area contributed by atoms with Gasteiger partial charge in [0.25, 0.3) is 0 Å². The Balaban J connectivity index is 1.44. The number of benzene rings is 2. The lowest BCUT2D eigenvalue weighted by atomic mass is 9.98. The average Bonchev–Trinajstić information content (AvgIpc) is 2.88. The van der Waals surface area contributed by atoms with Crippen molar-refractivity contribution in [2.75, 3.05) is 57.7 Å². The van der Waals surface area contributed by atoms with E-state index in [-0.39, 0.29) is 0 Å². The van der Waals surface area contributed by atoms with Crippen molar-refractivity contribution in [2.24, 2.45) is 5.92 Å². The third kappa shape index (κ3) is 6.40. The monoisotopic (exact) mass is 509 g/mol. The van der Waals surface area contributed by atoms with Crippen molar-refractivity contribution in [1.82, 2.24) is 14.9 Å². The minimum atomic E-state index is 0.462. The van der Waals surface area contributed by atoms with Crippen molar-refractivity contribution in [3.8, 4) is 11.5 Å². The van der Waals surface area contributed by atoms with Crippen molar-refractivity contribution in [2.45, 2.75) is 26.7 Å². The number of para-hydroxylation sites is 1. The largest absolute Gasteiger partial charge is 0.493 e. The fourth-order valence-corrected chi connectivity index (χ4v) is 4.70. The highest BCUT2D eigenvalue weighted by atomic mass is 32.1. The van der Waals surface area contributed by atoms with Crippen LogP contribution in [0.1, 0.15) is 24.0 Å². The predicted octanol–water partition coefficient (Wildman–Crippen LogP) is 4.80. The van der Waals surface area contributed by atoms with Crippen LogP contribution >= 0.6 is 12.2 Å². The summed E-state index contributed by atoms with van der Waals surface area (Å²) < 4.78 is 17.1. The summed E-state index contributed by atoms with van der Waals surface area (Å²) in [5.41, 5.74) is 3.99. The molecule has 2 N–H and O–H groups in total. The molecule has 36 heavy (non-hydrogen) atoms. The van der Waals surface area contributed by atoms with Gasteiger partial charge < -0.3 is 29.7 Å². The molecule has 0 spiro atoms. The molecule has 1 aromatic heterocycles. The SMILES string of the molecule is COCCN1CCC(COc2cc3ncnc(NC(=S)Nc4c(C)cccc4C)c3cc2OC)CC1. The van der Waals surface area contributed by atoms with Gasteiger partial charge in [-0.15, -0.1) is 0 Å². The summed E-state index contributed by atoms with van der Waals surface area (Å²) in [5, 5.41) is 7.78. The highest BCUT2D eigenvalue weighted by Crippen LogP contribution is 2.35. The maximum Gasteiger partial charge on any atom is 0.176 e. The van der Waals surface area contributed by atoms with Crippen LogP contribution in [-0.4, -0.2) is 67.0 Å². The van der Waals surface area contributed by atoms with Crippen LogP contribution in [0.4, 0.5) is 11.5 Å². The fourth-order valence-electron chi connectivity index (χ4n) is 4.50. The minimum Gasteiger partial charge on any atom is -0.493 e. The van der Waals surface area contributed by atoms with E-state index in [0.29, 0.717) is 35.0 Å².